The molecule has 18 heavy (non-hydrogen) atoms. The average molecular weight is 248 g/mol. The highest BCUT2D eigenvalue weighted by atomic mass is 19.1. The van der Waals surface area contributed by atoms with Crippen molar-refractivity contribution in [3.05, 3.63) is 41.5 Å². The van der Waals surface area contributed by atoms with E-state index in [1.54, 1.807) is 16.8 Å². The Hall–Kier alpha value is -1.75. The molecule has 0 unspecified atom stereocenters. The van der Waals surface area contributed by atoms with Crippen LogP contribution in [0.3, 0.4) is 0 Å². The van der Waals surface area contributed by atoms with Crippen LogP contribution in [0.5, 0.6) is 0 Å². The summed E-state index contributed by atoms with van der Waals surface area (Å²) < 4.78 is 14.7. The molecule has 1 heterocycles. The summed E-state index contributed by atoms with van der Waals surface area (Å²) in [6.07, 6.45) is 0.844. The van der Waals surface area contributed by atoms with Crippen LogP contribution in [0.15, 0.2) is 24.3 Å². The van der Waals surface area contributed by atoms with Gasteiger partial charge in [0.15, 0.2) is 0 Å². The Kier molecular flexibility index (Phi) is 3.72. The Morgan fingerprint density at radius 2 is 1.94 bits per heavy atom. The maximum absolute atomic E-state index is 12.9. The molecule has 2 rings (SSSR count). The molecule has 1 aromatic carbocycles. The highest BCUT2D eigenvalue weighted by molar-refractivity contribution is 5.33. The molecule has 0 fully saturated rings. The van der Waals surface area contributed by atoms with Gasteiger partial charge in [0.1, 0.15) is 5.82 Å². The van der Waals surface area contributed by atoms with Gasteiger partial charge in [-0.25, -0.2) is 9.07 Å². The van der Waals surface area contributed by atoms with E-state index in [2.05, 4.69) is 24.2 Å². The van der Waals surface area contributed by atoms with Crippen molar-refractivity contribution < 1.29 is 4.39 Å². The predicted molar refractivity (Wildman–Crippen MR) is 67.8 cm³/mol. The maximum atomic E-state index is 12.9. The molecule has 0 aliphatic carbocycles. The fourth-order valence-electron chi connectivity index (χ4n) is 1.87. The quantitative estimate of drug-likeness (QED) is 0.901. The largest absolute Gasteiger partial charge is 0.325 e. The van der Waals surface area contributed by atoms with Gasteiger partial charge in [-0.2, -0.15) is 0 Å². The molecule has 2 aromatic rings. The van der Waals surface area contributed by atoms with Crippen molar-refractivity contribution in [2.24, 2.45) is 11.7 Å². The Morgan fingerprint density at radius 1 is 1.28 bits per heavy atom. The summed E-state index contributed by atoms with van der Waals surface area (Å²) >= 11 is 0. The lowest BCUT2D eigenvalue weighted by atomic mass is 10.1. The van der Waals surface area contributed by atoms with Crippen molar-refractivity contribution in [2.45, 2.75) is 26.8 Å². The summed E-state index contributed by atoms with van der Waals surface area (Å²) in [6, 6.07) is 6.21. The monoisotopic (exact) mass is 248 g/mol. The molecule has 1 aromatic heterocycles. The van der Waals surface area contributed by atoms with Gasteiger partial charge in [-0.15, -0.1) is 5.10 Å². The van der Waals surface area contributed by atoms with Crippen LogP contribution in [-0.2, 0) is 13.0 Å². The second-order valence-corrected chi connectivity index (χ2v) is 4.67. The molecule has 96 valence electrons. The molecule has 2 N–H and O–H groups in total. The van der Waals surface area contributed by atoms with E-state index >= 15 is 0 Å². The van der Waals surface area contributed by atoms with Gasteiger partial charge < -0.3 is 5.73 Å². The molecule has 0 saturated carbocycles. The second-order valence-electron chi connectivity index (χ2n) is 4.67. The molecule has 0 saturated heterocycles. The van der Waals surface area contributed by atoms with E-state index in [9.17, 15) is 4.39 Å². The van der Waals surface area contributed by atoms with Gasteiger partial charge in [-0.3, -0.25) is 0 Å². The number of hydrogen-bond donors (Lipinski definition) is 1. The summed E-state index contributed by atoms with van der Waals surface area (Å²) in [5.41, 5.74) is 8.27. The van der Waals surface area contributed by atoms with Crippen LogP contribution in [-0.4, -0.2) is 15.0 Å². The molecular weight excluding hydrogens is 231 g/mol. The van der Waals surface area contributed by atoms with E-state index in [-0.39, 0.29) is 5.82 Å². The molecule has 0 aliphatic rings. The third kappa shape index (κ3) is 2.56. The molecule has 0 atom stereocenters. The molecule has 4 nitrogen and oxygen atoms in total. The van der Waals surface area contributed by atoms with Crippen LogP contribution in [0.25, 0.3) is 5.69 Å². The van der Waals surface area contributed by atoms with Crippen molar-refractivity contribution in [3.63, 3.8) is 0 Å². The first kappa shape index (κ1) is 12.7. The summed E-state index contributed by atoms with van der Waals surface area (Å²) in [5, 5.41) is 8.18. The van der Waals surface area contributed by atoms with E-state index in [1.807, 2.05) is 0 Å². The summed E-state index contributed by atoms with van der Waals surface area (Å²) in [5.74, 6) is 0.219. The van der Waals surface area contributed by atoms with Crippen molar-refractivity contribution in [2.75, 3.05) is 0 Å². The molecule has 0 radical (unpaired) electrons. The summed E-state index contributed by atoms with van der Waals surface area (Å²) in [6.45, 7) is 4.62. The Labute approximate surface area is 106 Å². The van der Waals surface area contributed by atoms with Gasteiger partial charge in [-0.05, 0) is 36.6 Å². The highest BCUT2D eigenvalue weighted by Gasteiger charge is 2.14. The molecule has 0 amide bonds. The molecular formula is C13H17FN4. The van der Waals surface area contributed by atoms with Crippen LogP contribution < -0.4 is 5.73 Å². The van der Waals surface area contributed by atoms with Crippen molar-refractivity contribution in [1.82, 2.24) is 15.0 Å². The normalized spacial score (nSPS) is 11.2. The van der Waals surface area contributed by atoms with Crippen LogP contribution >= 0.6 is 0 Å². The lowest BCUT2D eigenvalue weighted by molar-refractivity contribution is 0.608. The summed E-state index contributed by atoms with van der Waals surface area (Å²) in [7, 11) is 0. The molecule has 0 aliphatic heterocycles. The number of benzene rings is 1. The van der Waals surface area contributed by atoms with Gasteiger partial charge in [0.05, 0.1) is 17.1 Å². The van der Waals surface area contributed by atoms with Gasteiger partial charge in [0.25, 0.3) is 0 Å². The van der Waals surface area contributed by atoms with Gasteiger partial charge >= 0.3 is 0 Å². The zero-order valence-corrected chi connectivity index (χ0v) is 10.6. The minimum Gasteiger partial charge on any atom is -0.325 e. The van der Waals surface area contributed by atoms with Gasteiger partial charge in [0.2, 0.25) is 0 Å². The topological polar surface area (TPSA) is 56.7 Å². The smallest absolute Gasteiger partial charge is 0.123 e. The zero-order valence-electron chi connectivity index (χ0n) is 10.6. The first-order valence-corrected chi connectivity index (χ1v) is 6.01. The number of rotatable bonds is 4. The third-order valence-electron chi connectivity index (χ3n) is 2.71. The van der Waals surface area contributed by atoms with Crippen molar-refractivity contribution in [3.8, 4) is 5.69 Å². The first-order valence-electron chi connectivity index (χ1n) is 6.01. The van der Waals surface area contributed by atoms with E-state index in [4.69, 9.17) is 5.73 Å². The van der Waals surface area contributed by atoms with Crippen molar-refractivity contribution >= 4 is 0 Å². The molecule has 5 heteroatoms. The van der Waals surface area contributed by atoms with Crippen LogP contribution in [0.2, 0.25) is 0 Å². The standard InChI is InChI=1S/C13H17FN4/c1-9(2)7-13-12(8-15)16-17-18(13)11-5-3-10(14)4-6-11/h3-6,9H,7-8,15H2,1-2H3. The van der Waals surface area contributed by atoms with E-state index in [0.29, 0.717) is 12.5 Å². The van der Waals surface area contributed by atoms with E-state index < -0.39 is 0 Å². The van der Waals surface area contributed by atoms with Crippen molar-refractivity contribution in [1.29, 1.82) is 0 Å². The second kappa shape index (κ2) is 5.27. The van der Waals surface area contributed by atoms with E-state index in [0.717, 1.165) is 23.5 Å². The number of aromatic nitrogens is 3. The Bertz CT molecular complexity index is 516. The zero-order chi connectivity index (χ0) is 13.1. The Balaban J connectivity index is 2.43. The average Bonchev–Trinajstić information content (AvgIpc) is 2.72. The Morgan fingerprint density at radius 3 is 2.50 bits per heavy atom. The first-order chi connectivity index (χ1) is 8.61. The lowest BCUT2D eigenvalue weighted by Gasteiger charge is -2.09. The van der Waals surface area contributed by atoms with Crippen LogP contribution in [0.1, 0.15) is 25.2 Å². The number of halogens is 1. The van der Waals surface area contributed by atoms with Crippen LogP contribution in [0, 0.1) is 11.7 Å². The van der Waals surface area contributed by atoms with Gasteiger partial charge in [0, 0.05) is 6.54 Å². The summed E-state index contributed by atoms with van der Waals surface area (Å²) in [4.78, 5) is 0. The third-order valence-corrected chi connectivity index (χ3v) is 2.71. The lowest BCUT2D eigenvalue weighted by Crippen LogP contribution is -2.09. The SMILES string of the molecule is CC(C)Cc1c(CN)nnn1-c1ccc(F)cc1. The van der Waals surface area contributed by atoms with Gasteiger partial charge in [-0.1, -0.05) is 19.1 Å². The highest BCUT2D eigenvalue weighted by Crippen LogP contribution is 2.16. The maximum Gasteiger partial charge on any atom is 0.123 e. The number of nitrogens with two attached hydrogens (primary N) is 1. The van der Waals surface area contributed by atoms with E-state index in [1.165, 1.54) is 12.1 Å². The number of hydrogen-bond acceptors (Lipinski definition) is 3. The fraction of sp³-hybridized carbons (Fsp3) is 0.385. The number of nitrogens with zero attached hydrogens (tertiary/aromatic N) is 3. The minimum atomic E-state index is -0.261. The predicted octanol–water partition coefficient (Wildman–Crippen LogP) is 2.06. The fourth-order valence-corrected chi connectivity index (χ4v) is 1.87. The molecule has 0 bridgehead atoms. The minimum absolute atomic E-state index is 0.261. The van der Waals surface area contributed by atoms with Crippen LogP contribution in [0.4, 0.5) is 4.39 Å². The molecule has 0 spiro atoms.